The van der Waals surface area contributed by atoms with Crippen molar-refractivity contribution in [2.45, 2.75) is 6.92 Å². The lowest BCUT2D eigenvalue weighted by Gasteiger charge is -2.13. The molecule has 4 aromatic rings. The van der Waals surface area contributed by atoms with Crippen molar-refractivity contribution >= 4 is 44.2 Å². The number of rotatable bonds is 5. The van der Waals surface area contributed by atoms with E-state index in [1.165, 1.54) is 30.8 Å². The van der Waals surface area contributed by atoms with Crippen LogP contribution >= 0.6 is 22.9 Å². The number of amides is 1. The monoisotopic (exact) mass is 440 g/mol. The highest BCUT2D eigenvalue weighted by atomic mass is 35.5. The molecule has 30 heavy (non-hydrogen) atoms. The predicted molar refractivity (Wildman–Crippen MR) is 118 cm³/mol. The molecule has 9 heteroatoms. The summed E-state index contributed by atoms with van der Waals surface area (Å²) < 4.78 is 11.6. The molecule has 3 heterocycles. The lowest BCUT2D eigenvalue weighted by atomic mass is 10.0. The molecule has 152 valence electrons. The normalized spacial score (nSPS) is 10.8. The first kappa shape index (κ1) is 20.1. The molecule has 1 aromatic carbocycles. The molecular formula is C21H17ClN4O3S. The number of aromatic nitrogens is 3. The summed E-state index contributed by atoms with van der Waals surface area (Å²) in [5.74, 6) is 0.877. The molecule has 0 aliphatic carbocycles. The maximum Gasteiger partial charge on any atom is 0.259 e. The van der Waals surface area contributed by atoms with E-state index in [0.29, 0.717) is 38.5 Å². The summed E-state index contributed by atoms with van der Waals surface area (Å²) in [5.41, 5.74) is 3.17. The van der Waals surface area contributed by atoms with Crippen LogP contribution in [0.5, 0.6) is 11.5 Å². The largest absolute Gasteiger partial charge is 0.497 e. The van der Waals surface area contributed by atoms with Gasteiger partial charge in [-0.2, -0.15) is 0 Å². The van der Waals surface area contributed by atoms with Crippen molar-refractivity contribution in [2.24, 2.45) is 0 Å². The molecule has 0 fully saturated rings. The molecule has 0 aliphatic heterocycles. The number of halogens is 1. The highest BCUT2D eigenvalue weighted by Crippen LogP contribution is 2.35. The molecule has 1 N–H and O–H groups in total. The summed E-state index contributed by atoms with van der Waals surface area (Å²) in [7, 11) is 3.14. The second kappa shape index (κ2) is 8.25. The number of carbonyl (C=O) groups excluding carboxylic acids is 1. The molecule has 0 saturated carbocycles. The van der Waals surface area contributed by atoms with Crippen molar-refractivity contribution in [2.75, 3.05) is 19.5 Å². The number of hydrogen-bond acceptors (Lipinski definition) is 7. The van der Waals surface area contributed by atoms with Crippen LogP contribution in [-0.4, -0.2) is 35.1 Å². The number of aryl methyl sites for hydroxylation is 1. The van der Waals surface area contributed by atoms with Gasteiger partial charge in [0.05, 0.1) is 36.2 Å². The van der Waals surface area contributed by atoms with Gasteiger partial charge >= 0.3 is 0 Å². The van der Waals surface area contributed by atoms with Gasteiger partial charge in [-0.3, -0.25) is 15.1 Å². The minimum atomic E-state index is -0.335. The van der Waals surface area contributed by atoms with Crippen LogP contribution in [-0.2, 0) is 0 Å². The Balaban J connectivity index is 1.73. The number of nitrogens with zero attached hydrogens (tertiary/aromatic N) is 3. The molecule has 0 spiro atoms. The minimum absolute atomic E-state index is 0.298. The third-order valence-electron chi connectivity index (χ3n) is 4.44. The van der Waals surface area contributed by atoms with Crippen LogP contribution in [0, 0.1) is 6.92 Å². The van der Waals surface area contributed by atoms with Gasteiger partial charge in [-0.25, -0.2) is 9.97 Å². The smallest absolute Gasteiger partial charge is 0.259 e. The second-order valence-electron chi connectivity index (χ2n) is 6.39. The highest BCUT2D eigenvalue weighted by molar-refractivity contribution is 7.22. The molecule has 3 aromatic heterocycles. The second-order valence-corrected chi connectivity index (χ2v) is 7.80. The van der Waals surface area contributed by atoms with Gasteiger partial charge in [0, 0.05) is 29.1 Å². The maximum absolute atomic E-state index is 13.1. The zero-order valence-corrected chi connectivity index (χ0v) is 18.0. The zero-order valence-electron chi connectivity index (χ0n) is 16.4. The predicted octanol–water partition coefficient (Wildman–Crippen LogP) is 4.98. The van der Waals surface area contributed by atoms with Crippen LogP contribution in [0.15, 0.2) is 42.7 Å². The summed E-state index contributed by atoms with van der Waals surface area (Å²) in [6.07, 6.45) is 3.06. The number of fused-ring (bicyclic) bond motifs is 1. The molecule has 0 atom stereocenters. The first-order valence-corrected chi connectivity index (χ1v) is 10.1. The van der Waals surface area contributed by atoms with E-state index in [-0.39, 0.29) is 5.91 Å². The third kappa shape index (κ3) is 3.92. The SMILES string of the molecule is COc1ccc2sc(NC(=O)c3cnc(C)cc3-c3cc(Cl)ncc3OC)nc2c1. The molecule has 0 saturated heterocycles. The zero-order chi connectivity index (χ0) is 21.3. The van der Waals surface area contributed by atoms with Crippen molar-refractivity contribution in [3.05, 3.63) is 59.1 Å². The standard InChI is InChI=1S/C21H17ClN4O3S/c1-11-6-13(14-8-19(22)24-10-17(14)29-3)15(9-23-11)20(27)26-21-25-16-7-12(28-2)4-5-18(16)30-21/h4-10H,1-3H3,(H,25,26,27). The van der Waals surface area contributed by atoms with Crippen molar-refractivity contribution in [1.29, 1.82) is 0 Å². The van der Waals surface area contributed by atoms with Gasteiger partial charge in [0.2, 0.25) is 0 Å². The summed E-state index contributed by atoms with van der Waals surface area (Å²) in [6, 6.07) is 9.06. The average molecular weight is 441 g/mol. The summed E-state index contributed by atoms with van der Waals surface area (Å²) >= 11 is 7.47. The topological polar surface area (TPSA) is 86.2 Å². The van der Waals surface area contributed by atoms with E-state index in [4.69, 9.17) is 21.1 Å². The molecular weight excluding hydrogens is 424 g/mol. The van der Waals surface area contributed by atoms with Gasteiger partial charge in [-0.15, -0.1) is 0 Å². The Morgan fingerprint density at radius 3 is 2.67 bits per heavy atom. The number of carbonyl (C=O) groups is 1. The molecule has 0 radical (unpaired) electrons. The van der Waals surface area contributed by atoms with E-state index >= 15 is 0 Å². The Bertz CT molecular complexity index is 1260. The summed E-state index contributed by atoms with van der Waals surface area (Å²) in [6.45, 7) is 1.85. The maximum atomic E-state index is 13.1. The van der Waals surface area contributed by atoms with Gasteiger partial charge in [0.25, 0.3) is 5.91 Å². The third-order valence-corrected chi connectivity index (χ3v) is 5.60. The van der Waals surface area contributed by atoms with E-state index in [0.717, 1.165) is 15.9 Å². The molecule has 7 nitrogen and oxygen atoms in total. The Labute approximate surface area is 181 Å². The van der Waals surface area contributed by atoms with Crippen LogP contribution in [0.4, 0.5) is 5.13 Å². The van der Waals surface area contributed by atoms with E-state index in [2.05, 4.69) is 20.3 Å². The Hall–Kier alpha value is -3.23. The lowest BCUT2D eigenvalue weighted by molar-refractivity contribution is 0.102. The van der Waals surface area contributed by atoms with Gasteiger partial charge in [-0.1, -0.05) is 22.9 Å². The number of thiazole rings is 1. The number of hydrogen-bond donors (Lipinski definition) is 1. The van der Waals surface area contributed by atoms with Crippen molar-refractivity contribution in [3.8, 4) is 22.6 Å². The van der Waals surface area contributed by atoms with E-state index < -0.39 is 0 Å². The van der Waals surface area contributed by atoms with Crippen LogP contribution in [0.2, 0.25) is 5.15 Å². The fourth-order valence-electron chi connectivity index (χ4n) is 3.01. The number of anilines is 1. The molecule has 4 rings (SSSR count). The van der Waals surface area contributed by atoms with Gasteiger partial charge in [-0.05, 0) is 31.2 Å². The summed E-state index contributed by atoms with van der Waals surface area (Å²) in [4.78, 5) is 25.9. The molecule has 0 bridgehead atoms. The first-order valence-electron chi connectivity index (χ1n) is 8.91. The van der Waals surface area contributed by atoms with Crippen molar-refractivity contribution in [3.63, 3.8) is 0 Å². The molecule has 1 amide bonds. The number of benzene rings is 1. The quantitative estimate of drug-likeness (QED) is 0.440. The van der Waals surface area contributed by atoms with E-state index in [9.17, 15) is 4.79 Å². The van der Waals surface area contributed by atoms with Crippen molar-refractivity contribution in [1.82, 2.24) is 15.0 Å². The Morgan fingerprint density at radius 2 is 1.90 bits per heavy atom. The number of ether oxygens (including phenoxy) is 2. The average Bonchev–Trinajstić information content (AvgIpc) is 3.14. The Morgan fingerprint density at radius 1 is 1.07 bits per heavy atom. The van der Waals surface area contributed by atoms with Crippen LogP contribution in [0.3, 0.4) is 0 Å². The lowest BCUT2D eigenvalue weighted by Crippen LogP contribution is -2.14. The van der Waals surface area contributed by atoms with Crippen molar-refractivity contribution < 1.29 is 14.3 Å². The number of pyridine rings is 2. The van der Waals surface area contributed by atoms with Gasteiger partial charge in [0.15, 0.2) is 5.13 Å². The van der Waals surface area contributed by atoms with Gasteiger partial charge in [0.1, 0.15) is 16.7 Å². The fraction of sp³-hybridized carbons (Fsp3) is 0.143. The fourth-order valence-corrected chi connectivity index (χ4v) is 4.01. The van der Waals surface area contributed by atoms with Crippen LogP contribution < -0.4 is 14.8 Å². The number of nitrogens with one attached hydrogen (secondary N) is 1. The van der Waals surface area contributed by atoms with E-state index in [1.54, 1.807) is 13.2 Å². The molecule has 0 aliphatic rings. The first-order chi connectivity index (χ1) is 14.5. The molecule has 0 unspecified atom stereocenters. The van der Waals surface area contributed by atoms with Crippen LogP contribution in [0.1, 0.15) is 16.1 Å². The van der Waals surface area contributed by atoms with E-state index in [1.807, 2.05) is 31.2 Å². The van der Waals surface area contributed by atoms with Gasteiger partial charge < -0.3 is 9.47 Å². The minimum Gasteiger partial charge on any atom is -0.497 e. The Kier molecular flexibility index (Phi) is 5.52. The summed E-state index contributed by atoms with van der Waals surface area (Å²) in [5, 5.41) is 3.64. The highest BCUT2D eigenvalue weighted by Gasteiger charge is 2.19. The number of methoxy groups -OCH3 is 2. The van der Waals surface area contributed by atoms with Crippen LogP contribution in [0.25, 0.3) is 21.3 Å².